The first kappa shape index (κ1) is 33.6. The van der Waals surface area contributed by atoms with Crippen molar-refractivity contribution in [3.8, 4) is 0 Å². The number of nitrogens with one attached hydrogen (secondary N) is 4. The van der Waals surface area contributed by atoms with E-state index >= 15 is 0 Å². The molecular weight excluding hydrogens is 542 g/mol. The van der Waals surface area contributed by atoms with E-state index in [4.69, 9.17) is 4.74 Å². The minimum atomic E-state index is -1.44. The van der Waals surface area contributed by atoms with Gasteiger partial charge in [-0.3, -0.25) is 9.59 Å². The molecule has 2 aromatic heterocycles. The summed E-state index contributed by atoms with van der Waals surface area (Å²) in [6.07, 6.45) is 12.9. The number of aliphatic hydroxyl groups is 3. The number of H-pyrrole nitrogens is 1. The molecule has 42 heavy (non-hydrogen) atoms. The lowest BCUT2D eigenvalue weighted by Crippen LogP contribution is -2.65. The van der Waals surface area contributed by atoms with E-state index in [-0.39, 0.29) is 18.9 Å². The van der Waals surface area contributed by atoms with Gasteiger partial charge in [0.05, 0.1) is 19.0 Å². The Labute approximate surface area is 247 Å². The second kappa shape index (κ2) is 18.6. The average Bonchev–Trinajstić information content (AvgIpc) is 3.47. The molecule has 0 aliphatic carbocycles. The molecule has 236 valence electrons. The summed E-state index contributed by atoms with van der Waals surface area (Å²) in [7, 11) is 0. The van der Waals surface area contributed by atoms with Crippen molar-refractivity contribution in [1.82, 2.24) is 30.6 Å². The Morgan fingerprint density at radius 2 is 1.55 bits per heavy atom. The lowest BCUT2D eigenvalue weighted by Gasteiger charge is -2.42. The summed E-state index contributed by atoms with van der Waals surface area (Å²) in [5.74, 6) is -0.239. The van der Waals surface area contributed by atoms with E-state index in [2.05, 4.69) is 42.8 Å². The molecule has 0 radical (unpaired) electrons. The number of aromatic nitrogens is 4. The van der Waals surface area contributed by atoms with E-state index in [1.54, 1.807) is 0 Å². The molecule has 3 heterocycles. The van der Waals surface area contributed by atoms with Gasteiger partial charge in [-0.15, -0.1) is 0 Å². The zero-order valence-corrected chi connectivity index (χ0v) is 24.8. The molecule has 1 aliphatic heterocycles. The molecule has 0 bridgehead atoms. The van der Waals surface area contributed by atoms with Crippen molar-refractivity contribution in [1.29, 1.82) is 0 Å². The van der Waals surface area contributed by atoms with Crippen molar-refractivity contribution >= 4 is 28.8 Å². The summed E-state index contributed by atoms with van der Waals surface area (Å²) >= 11 is 0. The van der Waals surface area contributed by atoms with Crippen molar-refractivity contribution in [3.05, 3.63) is 12.7 Å². The first-order chi connectivity index (χ1) is 20.4. The summed E-state index contributed by atoms with van der Waals surface area (Å²) in [5.41, 5.74) is 0.892. The molecular formula is C29H49N7O6. The number of carbonyl (C=O) groups is 2. The van der Waals surface area contributed by atoms with Crippen LogP contribution >= 0.6 is 0 Å². The average molecular weight is 592 g/mol. The van der Waals surface area contributed by atoms with E-state index < -0.39 is 43.1 Å². The molecule has 13 heteroatoms. The highest BCUT2D eigenvalue weighted by molar-refractivity contribution is 5.82. The smallest absolute Gasteiger partial charge is 0.222 e. The molecule has 0 spiro atoms. The Balaban J connectivity index is 1.28. The highest BCUT2D eigenvalue weighted by Gasteiger charge is 2.45. The van der Waals surface area contributed by atoms with Gasteiger partial charge in [0.15, 0.2) is 17.7 Å². The Bertz CT molecular complexity index is 1070. The van der Waals surface area contributed by atoms with E-state index in [1.165, 1.54) is 70.4 Å². The zero-order chi connectivity index (χ0) is 30.2. The van der Waals surface area contributed by atoms with Gasteiger partial charge < -0.3 is 41.0 Å². The summed E-state index contributed by atoms with van der Waals surface area (Å²) in [6, 6.07) is -1.05. The quantitative estimate of drug-likeness (QED) is 0.112. The number of unbranched alkanes of at least 4 members (excludes halogenated alkanes) is 11. The van der Waals surface area contributed by atoms with Gasteiger partial charge in [-0.25, -0.2) is 15.0 Å². The second-order valence-electron chi connectivity index (χ2n) is 11.1. The van der Waals surface area contributed by atoms with Crippen LogP contribution in [0.4, 0.5) is 5.82 Å². The molecule has 1 aliphatic rings. The maximum Gasteiger partial charge on any atom is 0.222 e. The Kier molecular flexibility index (Phi) is 14.9. The summed E-state index contributed by atoms with van der Waals surface area (Å²) in [6.45, 7) is 1.88. The SMILES string of the molecule is CCCCCCCCCCCCCCC(=O)NCCC(=O)N[C@@H]1[C@@H](O)[C@H](O)[C@@H](Nc2ncnc3nc[nH]c23)O[C@H]1CO. The summed E-state index contributed by atoms with van der Waals surface area (Å²) in [4.78, 5) is 39.8. The minimum Gasteiger partial charge on any atom is -0.394 e. The van der Waals surface area contributed by atoms with E-state index in [0.29, 0.717) is 23.4 Å². The molecule has 7 N–H and O–H groups in total. The molecule has 3 rings (SSSR count). The lowest BCUT2D eigenvalue weighted by molar-refractivity contribution is -0.185. The van der Waals surface area contributed by atoms with E-state index in [1.807, 2.05) is 0 Å². The number of carbonyl (C=O) groups excluding carboxylic acids is 2. The number of imidazole rings is 1. The van der Waals surface area contributed by atoms with Crippen LogP contribution in [0.2, 0.25) is 0 Å². The number of ether oxygens (including phenoxy) is 1. The first-order valence-electron chi connectivity index (χ1n) is 15.5. The fourth-order valence-corrected chi connectivity index (χ4v) is 5.22. The van der Waals surface area contributed by atoms with Crippen molar-refractivity contribution in [2.45, 2.75) is 127 Å². The van der Waals surface area contributed by atoms with Crippen LogP contribution in [0.5, 0.6) is 0 Å². The van der Waals surface area contributed by atoms with Crippen LogP contribution < -0.4 is 16.0 Å². The monoisotopic (exact) mass is 591 g/mol. The van der Waals surface area contributed by atoms with Crippen LogP contribution in [-0.4, -0.2) is 90.8 Å². The van der Waals surface area contributed by atoms with Crippen molar-refractivity contribution in [3.63, 3.8) is 0 Å². The van der Waals surface area contributed by atoms with Gasteiger partial charge in [0.25, 0.3) is 0 Å². The van der Waals surface area contributed by atoms with Gasteiger partial charge in [0.1, 0.15) is 30.2 Å². The van der Waals surface area contributed by atoms with Crippen LogP contribution in [0.1, 0.15) is 96.8 Å². The van der Waals surface area contributed by atoms with Gasteiger partial charge in [-0.2, -0.15) is 0 Å². The number of aromatic amines is 1. The number of hydrogen-bond donors (Lipinski definition) is 7. The first-order valence-corrected chi connectivity index (χ1v) is 15.5. The maximum absolute atomic E-state index is 12.5. The zero-order valence-electron chi connectivity index (χ0n) is 24.8. The van der Waals surface area contributed by atoms with Crippen LogP contribution in [-0.2, 0) is 14.3 Å². The molecule has 1 saturated heterocycles. The maximum atomic E-state index is 12.5. The summed E-state index contributed by atoms with van der Waals surface area (Å²) in [5, 5.41) is 39.6. The van der Waals surface area contributed by atoms with Crippen LogP contribution in [0.3, 0.4) is 0 Å². The van der Waals surface area contributed by atoms with E-state index in [9.17, 15) is 24.9 Å². The number of anilines is 1. The number of nitrogens with zero attached hydrogens (tertiary/aromatic N) is 3. The Morgan fingerprint density at radius 3 is 2.21 bits per heavy atom. The Hall–Kier alpha value is -2.87. The van der Waals surface area contributed by atoms with Gasteiger partial charge in [-0.1, -0.05) is 77.6 Å². The topological polar surface area (TPSA) is 195 Å². The standard InChI is InChI=1S/C29H49N7O6/c1-2-3-4-5-6-7-8-9-10-11-12-13-14-21(38)30-16-15-22(39)35-23-20(17-37)42-29(26(41)25(23)40)36-28-24-27(32-18-31-24)33-19-34-28/h18-20,23,25-26,29,37,40-41H,2-17H2,1H3,(H,30,38)(H,35,39)(H2,31,32,33,34,36)/t20-,23-,25+,26-,29-/m0/s1. The molecule has 5 atom stereocenters. The van der Waals surface area contributed by atoms with Crippen molar-refractivity contribution in [2.24, 2.45) is 0 Å². The highest BCUT2D eigenvalue weighted by atomic mass is 16.5. The fourth-order valence-electron chi connectivity index (χ4n) is 5.22. The Morgan fingerprint density at radius 1 is 0.881 bits per heavy atom. The number of amides is 2. The predicted octanol–water partition coefficient (Wildman–Crippen LogP) is 2.29. The van der Waals surface area contributed by atoms with Crippen molar-refractivity contribution < 1.29 is 29.6 Å². The van der Waals surface area contributed by atoms with Crippen LogP contribution in [0.15, 0.2) is 12.7 Å². The third-order valence-corrected chi connectivity index (χ3v) is 7.69. The van der Waals surface area contributed by atoms with Gasteiger partial charge in [0.2, 0.25) is 11.8 Å². The number of aliphatic hydroxyl groups excluding tert-OH is 3. The van der Waals surface area contributed by atoms with E-state index in [0.717, 1.165) is 19.3 Å². The highest BCUT2D eigenvalue weighted by Crippen LogP contribution is 2.24. The fraction of sp³-hybridized carbons (Fsp3) is 0.759. The van der Waals surface area contributed by atoms with Crippen molar-refractivity contribution in [2.75, 3.05) is 18.5 Å². The molecule has 0 unspecified atom stereocenters. The normalized spacial score (nSPS) is 22.2. The minimum absolute atomic E-state index is 0.0118. The molecule has 13 nitrogen and oxygen atoms in total. The van der Waals surface area contributed by atoms with Gasteiger partial charge >= 0.3 is 0 Å². The molecule has 2 aromatic rings. The molecule has 2 amide bonds. The number of rotatable bonds is 20. The van der Waals surface area contributed by atoms with Gasteiger partial charge in [0, 0.05) is 19.4 Å². The molecule has 1 fully saturated rings. The molecule has 0 saturated carbocycles. The third-order valence-electron chi connectivity index (χ3n) is 7.69. The number of hydrogen-bond acceptors (Lipinski definition) is 10. The number of fused-ring (bicyclic) bond motifs is 1. The lowest BCUT2D eigenvalue weighted by atomic mass is 9.95. The van der Waals surface area contributed by atoms with Gasteiger partial charge in [-0.05, 0) is 6.42 Å². The predicted molar refractivity (Wildman–Crippen MR) is 158 cm³/mol. The van der Waals surface area contributed by atoms with Crippen LogP contribution in [0, 0.1) is 0 Å². The second-order valence-corrected chi connectivity index (χ2v) is 11.1. The summed E-state index contributed by atoms with van der Waals surface area (Å²) < 4.78 is 5.76. The third kappa shape index (κ3) is 10.8. The van der Waals surface area contributed by atoms with Crippen LogP contribution in [0.25, 0.3) is 11.2 Å². The largest absolute Gasteiger partial charge is 0.394 e. The molecule has 0 aromatic carbocycles.